The molecule has 2 rings (SSSR count). The van der Waals surface area contributed by atoms with Crippen LogP contribution in [0.25, 0.3) is 0 Å². The number of nitrogens with one attached hydrogen (secondary N) is 1. The molecule has 0 radical (unpaired) electrons. The van der Waals surface area contributed by atoms with E-state index >= 15 is 0 Å². The van der Waals surface area contributed by atoms with Crippen LogP contribution in [-0.2, 0) is 0 Å². The first-order valence-electron chi connectivity index (χ1n) is 7.37. The molecule has 0 aliphatic heterocycles. The number of hydrogen-bond donors (Lipinski definition) is 1. The first-order valence-corrected chi connectivity index (χ1v) is 7.75. The maximum absolute atomic E-state index is 5.92. The maximum Gasteiger partial charge on any atom is 0.322 e. The van der Waals surface area contributed by atoms with Crippen molar-refractivity contribution in [1.82, 2.24) is 15.0 Å². The largest absolute Gasteiger partial charge is 0.461 e. The van der Waals surface area contributed by atoms with Gasteiger partial charge < -0.3 is 10.1 Å². The summed E-state index contributed by atoms with van der Waals surface area (Å²) < 4.78 is 5.48. The van der Waals surface area contributed by atoms with E-state index in [1.165, 1.54) is 19.3 Å². The second-order valence-electron chi connectivity index (χ2n) is 5.83. The lowest BCUT2D eigenvalue weighted by atomic mass is 10.0. The van der Waals surface area contributed by atoms with Crippen LogP contribution < -0.4 is 10.1 Å². The van der Waals surface area contributed by atoms with Crippen LogP contribution in [0.1, 0.15) is 52.9 Å². The van der Waals surface area contributed by atoms with Gasteiger partial charge in [-0.15, -0.1) is 0 Å². The molecule has 1 aromatic heterocycles. The van der Waals surface area contributed by atoms with E-state index in [0.29, 0.717) is 12.0 Å². The molecule has 2 atom stereocenters. The van der Waals surface area contributed by atoms with Gasteiger partial charge in [0.05, 0.1) is 6.10 Å². The molecule has 0 amide bonds. The molecule has 1 heterocycles. The summed E-state index contributed by atoms with van der Waals surface area (Å²) in [6.45, 7) is 6.17. The molecule has 2 unspecified atom stereocenters. The Bertz CT molecular complexity index is 441. The van der Waals surface area contributed by atoms with E-state index in [0.717, 1.165) is 18.8 Å². The summed E-state index contributed by atoms with van der Waals surface area (Å²) >= 11 is 5.92. The lowest BCUT2D eigenvalue weighted by Gasteiger charge is -2.17. The van der Waals surface area contributed by atoms with Gasteiger partial charge in [0.15, 0.2) is 0 Å². The van der Waals surface area contributed by atoms with Crippen molar-refractivity contribution in [2.75, 3.05) is 5.32 Å². The molecular formula is C14H23ClN4O. The molecule has 1 aliphatic rings. The normalized spacial score (nSPS) is 23.4. The zero-order valence-corrected chi connectivity index (χ0v) is 13.2. The van der Waals surface area contributed by atoms with Crippen LogP contribution in [0, 0.1) is 5.92 Å². The molecule has 20 heavy (non-hydrogen) atoms. The number of hydrogen-bond acceptors (Lipinski definition) is 5. The van der Waals surface area contributed by atoms with Crippen molar-refractivity contribution >= 4 is 17.5 Å². The second-order valence-corrected chi connectivity index (χ2v) is 6.17. The molecule has 1 saturated carbocycles. The smallest absolute Gasteiger partial charge is 0.322 e. The summed E-state index contributed by atoms with van der Waals surface area (Å²) in [5.74, 6) is 1.32. The van der Waals surface area contributed by atoms with Crippen molar-refractivity contribution < 1.29 is 4.74 Å². The molecule has 1 aliphatic carbocycles. The third kappa shape index (κ3) is 4.78. The van der Waals surface area contributed by atoms with Crippen molar-refractivity contribution in [2.24, 2.45) is 5.92 Å². The van der Waals surface area contributed by atoms with Gasteiger partial charge in [-0.05, 0) is 50.6 Å². The Labute approximate surface area is 125 Å². The Morgan fingerprint density at radius 1 is 1.15 bits per heavy atom. The molecule has 6 heteroatoms. The van der Waals surface area contributed by atoms with Gasteiger partial charge >= 0.3 is 6.01 Å². The predicted molar refractivity (Wildman–Crippen MR) is 80.3 cm³/mol. The maximum atomic E-state index is 5.92. The number of nitrogens with zero attached hydrogens (tertiary/aromatic N) is 3. The monoisotopic (exact) mass is 298 g/mol. The van der Waals surface area contributed by atoms with Gasteiger partial charge in [-0.1, -0.05) is 19.8 Å². The van der Waals surface area contributed by atoms with Crippen molar-refractivity contribution in [1.29, 1.82) is 0 Å². The van der Waals surface area contributed by atoms with Gasteiger partial charge in [-0.25, -0.2) is 0 Å². The minimum absolute atomic E-state index is 0.0139. The molecule has 5 nitrogen and oxygen atoms in total. The lowest BCUT2D eigenvalue weighted by Crippen LogP contribution is -2.21. The van der Waals surface area contributed by atoms with Crippen LogP contribution in [0.3, 0.4) is 0 Å². The first-order chi connectivity index (χ1) is 9.52. The number of anilines is 1. The van der Waals surface area contributed by atoms with E-state index in [1.807, 2.05) is 13.8 Å². The standard InChI is InChI=1S/C14H23ClN4O/c1-9(2)20-14-18-12(15)17-13(19-14)16-11-6-4-5-10(3)7-8-11/h9-11H,4-8H2,1-3H3,(H,16,17,18,19). The van der Waals surface area contributed by atoms with E-state index in [2.05, 4.69) is 27.2 Å². The summed E-state index contributed by atoms with van der Waals surface area (Å²) in [7, 11) is 0. The Kier molecular flexibility index (Phi) is 5.40. The van der Waals surface area contributed by atoms with Gasteiger partial charge in [0.1, 0.15) is 0 Å². The average molecular weight is 299 g/mol. The quantitative estimate of drug-likeness (QED) is 0.859. The fourth-order valence-electron chi connectivity index (χ4n) is 2.47. The zero-order valence-electron chi connectivity index (χ0n) is 12.4. The summed E-state index contributed by atoms with van der Waals surface area (Å²) in [5, 5.41) is 3.54. The highest BCUT2D eigenvalue weighted by atomic mass is 35.5. The van der Waals surface area contributed by atoms with Gasteiger partial charge in [-0.3, -0.25) is 0 Å². The molecule has 1 N–H and O–H groups in total. The van der Waals surface area contributed by atoms with Gasteiger partial charge in [-0.2, -0.15) is 15.0 Å². The molecule has 0 spiro atoms. The van der Waals surface area contributed by atoms with Gasteiger partial charge in [0.25, 0.3) is 0 Å². The molecule has 0 saturated heterocycles. The minimum atomic E-state index is 0.0139. The van der Waals surface area contributed by atoms with Crippen molar-refractivity contribution in [2.45, 2.75) is 65.0 Å². The van der Waals surface area contributed by atoms with Crippen LogP contribution >= 0.6 is 11.6 Å². The molecule has 0 bridgehead atoms. The lowest BCUT2D eigenvalue weighted by molar-refractivity contribution is 0.222. The van der Waals surface area contributed by atoms with Crippen molar-refractivity contribution in [3.63, 3.8) is 0 Å². The van der Waals surface area contributed by atoms with Crippen molar-refractivity contribution in [3.8, 4) is 6.01 Å². The highest BCUT2D eigenvalue weighted by molar-refractivity contribution is 6.28. The number of aromatic nitrogens is 3. The third-order valence-electron chi connectivity index (χ3n) is 3.52. The Morgan fingerprint density at radius 2 is 1.95 bits per heavy atom. The SMILES string of the molecule is CC1CCCC(Nc2nc(Cl)nc(OC(C)C)n2)CC1. The third-order valence-corrected chi connectivity index (χ3v) is 3.69. The fraction of sp³-hybridized carbons (Fsp3) is 0.786. The molecular weight excluding hydrogens is 276 g/mol. The Morgan fingerprint density at radius 3 is 2.70 bits per heavy atom. The highest BCUT2D eigenvalue weighted by Crippen LogP contribution is 2.24. The zero-order chi connectivity index (χ0) is 14.5. The molecule has 1 aromatic rings. The average Bonchev–Trinajstić information content (AvgIpc) is 2.53. The van der Waals surface area contributed by atoms with E-state index in [9.17, 15) is 0 Å². The summed E-state index contributed by atoms with van der Waals surface area (Å²) in [6.07, 6.45) is 6.09. The predicted octanol–water partition coefficient (Wildman–Crippen LogP) is 3.69. The van der Waals surface area contributed by atoms with Crippen LogP contribution in [0.5, 0.6) is 6.01 Å². The summed E-state index contributed by atoms with van der Waals surface area (Å²) in [4.78, 5) is 12.4. The molecule has 0 aromatic carbocycles. The van der Waals surface area contributed by atoms with Crippen LogP contribution in [0.4, 0.5) is 5.95 Å². The Balaban J connectivity index is 2.02. The van der Waals surface area contributed by atoms with Crippen LogP contribution in [-0.4, -0.2) is 27.1 Å². The fourth-order valence-corrected chi connectivity index (χ4v) is 2.63. The van der Waals surface area contributed by atoms with E-state index < -0.39 is 0 Å². The van der Waals surface area contributed by atoms with Crippen LogP contribution in [0.15, 0.2) is 0 Å². The second kappa shape index (κ2) is 7.07. The topological polar surface area (TPSA) is 59.9 Å². The number of rotatable bonds is 4. The van der Waals surface area contributed by atoms with E-state index in [4.69, 9.17) is 16.3 Å². The summed E-state index contributed by atoms with van der Waals surface area (Å²) in [5.41, 5.74) is 0. The number of ether oxygens (including phenoxy) is 1. The molecule has 1 fully saturated rings. The van der Waals surface area contributed by atoms with Crippen LogP contribution in [0.2, 0.25) is 5.28 Å². The van der Waals surface area contributed by atoms with E-state index in [-0.39, 0.29) is 17.4 Å². The minimum Gasteiger partial charge on any atom is -0.461 e. The van der Waals surface area contributed by atoms with Gasteiger partial charge in [0, 0.05) is 6.04 Å². The number of halogens is 1. The highest BCUT2D eigenvalue weighted by Gasteiger charge is 2.17. The Hall–Kier alpha value is -1.10. The van der Waals surface area contributed by atoms with Crippen molar-refractivity contribution in [3.05, 3.63) is 5.28 Å². The summed E-state index contributed by atoms with van der Waals surface area (Å²) in [6, 6.07) is 0.690. The van der Waals surface area contributed by atoms with Gasteiger partial charge in [0.2, 0.25) is 11.2 Å². The molecule has 112 valence electrons. The van der Waals surface area contributed by atoms with E-state index in [1.54, 1.807) is 0 Å². The first kappa shape index (κ1) is 15.3.